The Bertz CT molecular complexity index is 312. The van der Waals surface area contributed by atoms with Crippen molar-refractivity contribution in [3.63, 3.8) is 0 Å². The molecule has 0 unspecified atom stereocenters. The summed E-state index contributed by atoms with van der Waals surface area (Å²) in [5.74, 6) is 1.18. The second kappa shape index (κ2) is 4.71. The van der Waals surface area contributed by atoms with Crippen LogP contribution in [0.15, 0.2) is 23.1 Å². The van der Waals surface area contributed by atoms with Gasteiger partial charge >= 0.3 is 0 Å². The van der Waals surface area contributed by atoms with Gasteiger partial charge in [-0.2, -0.15) is 0 Å². The quantitative estimate of drug-likeness (QED) is 0.794. The van der Waals surface area contributed by atoms with Gasteiger partial charge in [0, 0.05) is 22.9 Å². The third-order valence-corrected chi connectivity index (χ3v) is 3.46. The van der Waals surface area contributed by atoms with Gasteiger partial charge in [0.15, 0.2) is 0 Å². The lowest BCUT2D eigenvalue weighted by Crippen LogP contribution is -2.12. The molecule has 1 aromatic rings. The number of rotatable bonds is 3. The van der Waals surface area contributed by atoms with Crippen molar-refractivity contribution in [2.75, 3.05) is 31.2 Å². The van der Waals surface area contributed by atoms with Gasteiger partial charge in [-0.25, -0.2) is 0 Å². The van der Waals surface area contributed by atoms with Gasteiger partial charge < -0.3 is 10.6 Å². The molecule has 0 bridgehead atoms. The van der Waals surface area contributed by atoms with Crippen LogP contribution >= 0.6 is 11.8 Å². The first-order valence-electron chi connectivity index (χ1n) is 5.04. The molecule has 3 heteroatoms. The minimum atomic E-state index is 1.05. The van der Waals surface area contributed by atoms with Crippen molar-refractivity contribution in [2.24, 2.45) is 0 Å². The lowest BCUT2D eigenvalue weighted by molar-refractivity contribution is 0.791. The molecule has 2 nitrogen and oxygen atoms in total. The molecule has 1 heterocycles. The van der Waals surface area contributed by atoms with Gasteiger partial charge in [-0.1, -0.05) is 6.07 Å². The van der Waals surface area contributed by atoms with Gasteiger partial charge in [0.05, 0.1) is 0 Å². The zero-order valence-corrected chi connectivity index (χ0v) is 9.29. The number of nitrogens with one attached hydrogen (secondary N) is 2. The fourth-order valence-corrected chi connectivity index (χ4v) is 2.49. The van der Waals surface area contributed by atoms with Crippen molar-refractivity contribution in [2.45, 2.75) is 11.3 Å². The summed E-state index contributed by atoms with van der Waals surface area (Å²) in [6.07, 6.45) is 1.11. The molecule has 1 aromatic carbocycles. The summed E-state index contributed by atoms with van der Waals surface area (Å²) in [6, 6.07) is 6.74. The first-order valence-corrected chi connectivity index (χ1v) is 6.03. The summed E-state index contributed by atoms with van der Waals surface area (Å²) in [6.45, 7) is 2.14. The summed E-state index contributed by atoms with van der Waals surface area (Å²) in [5.41, 5.74) is 2.72. The fraction of sp³-hybridized carbons (Fsp3) is 0.455. The first kappa shape index (κ1) is 9.87. The van der Waals surface area contributed by atoms with E-state index >= 15 is 0 Å². The molecule has 0 radical (unpaired) electrons. The summed E-state index contributed by atoms with van der Waals surface area (Å²) < 4.78 is 0. The van der Waals surface area contributed by atoms with Crippen LogP contribution in [0.2, 0.25) is 0 Å². The molecular formula is C11H16N2S. The van der Waals surface area contributed by atoms with Crippen molar-refractivity contribution >= 4 is 17.4 Å². The maximum atomic E-state index is 3.44. The third kappa shape index (κ3) is 2.22. The Balaban J connectivity index is 2.12. The second-order valence-corrected chi connectivity index (χ2v) is 4.60. The van der Waals surface area contributed by atoms with Crippen molar-refractivity contribution < 1.29 is 0 Å². The van der Waals surface area contributed by atoms with E-state index in [1.165, 1.54) is 21.9 Å². The lowest BCUT2D eigenvalue weighted by atomic mass is 10.1. The van der Waals surface area contributed by atoms with Crippen molar-refractivity contribution in [1.29, 1.82) is 0 Å². The number of anilines is 1. The van der Waals surface area contributed by atoms with Crippen LogP contribution in [-0.2, 0) is 6.42 Å². The molecule has 76 valence electrons. The highest BCUT2D eigenvalue weighted by Crippen LogP contribution is 2.31. The Morgan fingerprint density at radius 2 is 2.43 bits per heavy atom. The van der Waals surface area contributed by atoms with Crippen molar-refractivity contribution in [1.82, 2.24) is 5.32 Å². The smallest absolute Gasteiger partial charge is 0.0481 e. The summed E-state index contributed by atoms with van der Waals surface area (Å²) in [4.78, 5) is 1.39. The van der Waals surface area contributed by atoms with Gasteiger partial charge in [-0.05, 0) is 37.7 Å². The largest absolute Gasteiger partial charge is 0.383 e. The van der Waals surface area contributed by atoms with Crippen LogP contribution in [0.3, 0.4) is 0 Å². The van der Waals surface area contributed by atoms with E-state index in [0.29, 0.717) is 0 Å². The first-order chi connectivity index (χ1) is 6.90. The van der Waals surface area contributed by atoms with Gasteiger partial charge in [-0.15, -0.1) is 11.8 Å². The van der Waals surface area contributed by atoms with Crippen molar-refractivity contribution in [3.05, 3.63) is 23.8 Å². The predicted octanol–water partition coefficient (Wildman–Crippen LogP) is 1.97. The lowest BCUT2D eigenvalue weighted by Gasteiger charge is -2.18. The Morgan fingerprint density at radius 3 is 3.29 bits per heavy atom. The Hall–Kier alpha value is -0.670. The van der Waals surface area contributed by atoms with Gasteiger partial charge in [-0.3, -0.25) is 0 Å². The van der Waals surface area contributed by atoms with Crippen LogP contribution in [0.4, 0.5) is 5.69 Å². The molecule has 0 spiro atoms. The van der Waals surface area contributed by atoms with Gasteiger partial charge in [0.1, 0.15) is 0 Å². The van der Waals surface area contributed by atoms with Crippen LogP contribution in [0, 0.1) is 0 Å². The fourth-order valence-electron chi connectivity index (χ4n) is 1.61. The predicted molar refractivity (Wildman–Crippen MR) is 63.3 cm³/mol. The Labute approximate surface area is 89.5 Å². The highest BCUT2D eigenvalue weighted by molar-refractivity contribution is 7.99. The van der Waals surface area contributed by atoms with Gasteiger partial charge in [0.25, 0.3) is 0 Å². The molecule has 14 heavy (non-hydrogen) atoms. The van der Waals surface area contributed by atoms with E-state index in [0.717, 1.165) is 19.5 Å². The molecule has 0 aliphatic carbocycles. The molecule has 0 saturated heterocycles. The van der Waals surface area contributed by atoms with E-state index in [1.807, 2.05) is 18.8 Å². The number of fused-ring (bicyclic) bond motifs is 1. The van der Waals surface area contributed by atoms with Gasteiger partial charge in [0.2, 0.25) is 0 Å². The zero-order valence-electron chi connectivity index (χ0n) is 8.47. The van der Waals surface area contributed by atoms with E-state index in [1.54, 1.807) is 0 Å². The molecule has 0 aromatic heterocycles. The summed E-state index contributed by atoms with van der Waals surface area (Å²) >= 11 is 1.94. The minimum absolute atomic E-state index is 1.05. The van der Waals surface area contributed by atoms with Crippen molar-refractivity contribution in [3.8, 4) is 0 Å². The Morgan fingerprint density at radius 1 is 1.50 bits per heavy atom. The summed E-state index contributed by atoms with van der Waals surface area (Å²) in [5, 5.41) is 6.61. The van der Waals surface area contributed by atoms with Crippen LogP contribution in [0.1, 0.15) is 5.56 Å². The second-order valence-electron chi connectivity index (χ2n) is 3.46. The molecule has 0 amide bonds. The van der Waals surface area contributed by atoms with E-state index in [4.69, 9.17) is 0 Å². The van der Waals surface area contributed by atoms with E-state index in [2.05, 4.69) is 28.8 Å². The molecule has 1 aliphatic heterocycles. The maximum absolute atomic E-state index is 3.44. The zero-order chi connectivity index (χ0) is 9.80. The topological polar surface area (TPSA) is 24.1 Å². The number of benzene rings is 1. The van der Waals surface area contributed by atoms with Crippen LogP contribution < -0.4 is 10.6 Å². The van der Waals surface area contributed by atoms with E-state index in [9.17, 15) is 0 Å². The molecule has 2 N–H and O–H groups in total. The minimum Gasteiger partial charge on any atom is -0.383 e. The molecule has 0 atom stereocenters. The normalized spacial score (nSPS) is 14.6. The van der Waals surface area contributed by atoms with E-state index in [-0.39, 0.29) is 0 Å². The third-order valence-electron chi connectivity index (χ3n) is 2.38. The monoisotopic (exact) mass is 208 g/mol. The molecular weight excluding hydrogens is 192 g/mol. The summed E-state index contributed by atoms with van der Waals surface area (Å²) in [7, 11) is 1.99. The highest BCUT2D eigenvalue weighted by Gasteiger charge is 2.08. The average Bonchev–Trinajstić information content (AvgIpc) is 2.26. The Kier molecular flexibility index (Phi) is 3.32. The van der Waals surface area contributed by atoms with E-state index < -0.39 is 0 Å². The SMILES string of the molecule is CNCCc1ccc2c(c1)NCCS2. The molecule has 2 rings (SSSR count). The maximum Gasteiger partial charge on any atom is 0.0481 e. The standard InChI is InChI=1S/C11H16N2S/c1-12-5-4-9-2-3-11-10(8-9)13-6-7-14-11/h2-3,8,12-13H,4-7H2,1H3. The number of likely N-dealkylation sites (N-methyl/N-ethyl adjacent to an activating group) is 1. The highest BCUT2D eigenvalue weighted by atomic mass is 32.2. The molecule has 1 aliphatic rings. The number of hydrogen-bond acceptors (Lipinski definition) is 3. The van der Waals surface area contributed by atoms with Crippen LogP contribution in [0.5, 0.6) is 0 Å². The van der Waals surface area contributed by atoms with Crippen LogP contribution in [0.25, 0.3) is 0 Å². The molecule has 0 saturated carbocycles. The number of hydrogen-bond donors (Lipinski definition) is 2. The average molecular weight is 208 g/mol. The van der Waals surface area contributed by atoms with Crippen LogP contribution in [-0.4, -0.2) is 25.9 Å². The number of thioether (sulfide) groups is 1. The molecule has 0 fully saturated rings.